The van der Waals surface area contributed by atoms with E-state index in [-0.39, 0.29) is 11.9 Å². The molecule has 0 aromatic heterocycles. The second-order valence-corrected chi connectivity index (χ2v) is 9.06. The maximum absolute atomic E-state index is 12.4. The lowest BCUT2D eigenvalue weighted by molar-refractivity contribution is -0.123. The molecule has 1 heterocycles. The molecule has 7 heteroatoms. The third-order valence-corrected chi connectivity index (χ3v) is 7.24. The lowest BCUT2D eigenvalue weighted by atomic mass is 9.91. The maximum Gasteiger partial charge on any atom is 0.243 e. The minimum Gasteiger partial charge on any atom is -0.351 e. The Hall–Kier alpha value is -0.660. The van der Waals surface area contributed by atoms with Crippen LogP contribution in [0.3, 0.4) is 0 Å². The summed E-state index contributed by atoms with van der Waals surface area (Å²) < 4.78 is 21.9. The largest absolute Gasteiger partial charge is 0.351 e. The average molecular weight is 315 g/mol. The minimum absolute atomic E-state index is 0.117. The lowest BCUT2D eigenvalue weighted by Gasteiger charge is -2.40. The molecule has 0 spiro atoms. The molecule has 2 bridgehead atoms. The zero-order chi connectivity index (χ0) is 15.4. The third kappa shape index (κ3) is 2.49. The van der Waals surface area contributed by atoms with Gasteiger partial charge < -0.3 is 10.2 Å². The van der Waals surface area contributed by atoms with Gasteiger partial charge in [-0.15, -0.1) is 0 Å². The lowest BCUT2D eigenvalue weighted by Crippen LogP contribution is -2.57. The second kappa shape index (κ2) is 4.93. The predicted octanol–water partition coefficient (Wildman–Crippen LogP) is 0.0425. The van der Waals surface area contributed by atoms with Crippen LogP contribution in [0, 0.1) is 11.8 Å². The van der Waals surface area contributed by atoms with Crippen LogP contribution in [0.15, 0.2) is 0 Å². The van der Waals surface area contributed by atoms with Crippen molar-refractivity contribution in [3.05, 3.63) is 0 Å². The molecule has 3 fully saturated rings. The number of nitrogens with one attached hydrogen (secondary N) is 1. The molecule has 2 saturated carbocycles. The van der Waals surface area contributed by atoms with Gasteiger partial charge in [0.1, 0.15) is 0 Å². The van der Waals surface area contributed by atoms with E-state index in [1.807, 2.05) is 0 Å². The van der Waals surface area contributed by atoms with Gasteiger partial charge in [-0.3, -0.25) is 4.79 Å². The zero-order valence-electron chi connectivity index (χ0n) is 12.7. The van der Waals surface area contributed by atoms with E-state index in [1.54, 1.807) is 0 Å². The topological polar surface area (TPSA) is 92.5 Å². The number of sulfonamides is 1. The molecule has 1 aliphatic heterocycles. The Morgan fingerprint density at radius 3 is 2.14 bits per heavy atom. The van der Waals surface area contributed by atoms with Crippen LogP contribution in [0.25, 0.3) is 0 Å². The molecule has 1 amide bonds. The highest BCUT2D eigenvalue weighted by Gasteiger charge is 2.60. The Kier molecular flexibility index (Phi) is 3.58. The quantitative estimate of drug-likeness (QED) is 0.766. The van der Waals surface area contributed by atoms with Gasteiger partial charge in [0.05, 0.1) is 0 Å². The fourth-order valence-corrected chi connectivity index (χ4v) is 4.94. The van der Waals surface area contributed by atoms with Crippen LogP contribution in [0.2, 0.25) is 0 Å². The highest BCUT2D eigenvalue weighted by Crippen LogP contribution is 2.44. The molecule has 2 aliphatic carbocycles. The average Bonchev–Trinajstić information content (AvgIpc) is 3.16. The van der Waals surface area contributed by atoms with Crippen molar-refractivity contribution in [1.82, 2.24) is 10.2 Å². The van der Waals surface area contributed by atoms with Crippen LogP contribution in [-0.2, 0) is 14.8 Å². The first-order valence-electron chi connectivity index (χ1n) is 7.82. The predicted molar refractivity (Wildman–Crippen MR) is 79.9 cm³/mol. The number of carbonyl (C=O) groups excluding carboxylic acids is 1. The van der Waals surface area contributed by atoms with Crippen molar-refractivity contribution in [3.8, 4) is 0 Å². The van der Waals surface area contributed by atoms with Crippen molar-refractivity contribution in [2.75, 3.05) is 13.1 Å². The Balaban J connectivity index is 1.69. The van der Waals surface area contributed by atoms with Crippen molar-refractivity contribution in [1.29, 1.82) is 0 Å². The highest BCUT2D eigenvalue weighted by molar-refractivity contribution is 7.91. The SMILES string of the molecule is CC(C)N1C[C@H]2CC[C@@H](C1)C2NC(=O)C1(S(N)(=O)=O)CC1. The second-order valence-electron chi connectivity index (χ2n) is 7.18. The monoisotopic (exact) mass is 315 g/mol. The molecule has 3 atom stereocenters. The Morgan fingerprint density at radius 2 is 1.76 bits per heavy atom. The first-order chi connectivity index (χ1) is 9.74. The molecular formula is C14H25N3O3S. The van der Waals surface area contributed by atoms with Gasteiger partial charge in [-0.25, -0.2) is 13.6 Å². The molecule has 120 valence electrons. The zero-order valence-corrected chi connectivity index (χ0v) is 13.5. The normalized spacial score (nSPS) is 35.0. The third-order valence-electron chi connectivity index (χ3n) is 5.55. The molecule has 1 unspecified atom stereocenters. The summed E-state index contributed by atoms with van der Waals surface area (Å²) in [5.74, 6) is 0.502. The summed E-state index contributed by atoms with van der Waals surface area (Å²) in [5, 5.41) is 8.26. The molecule has 0 aromatic rings. The number of piperidine rings is 1. The van der Waals surface area contributed by atoms with Crippen LogP contribution < -0.4 is 10.5 Å². The molecule has 21 heavy (non-hydrogen) atoms. The summed E-state index contributed by atoms with van der Waals surface area (Å²) in [6.07, 6.45) is 2.94. The summed E-state index contributed by atoms with van der Waals surface area (Å²) in [6.45, 7) is 6.36. The minimum atomic E-state index is -3.80. The van der Waals surface area contributed by atoms with E-state index in [1.165, 1.54) is 0 Å². The van der Waals surface area contributed by atoms with Crippen molar-refractivity contribution >= 4 is 15.9 Å². The van der Waals surface area contributed by atoms with Crippen LogP contribution in [-0.4, -0.2) is 49.1 Å². The summed E-state index contributed by atoms with van der Waals surface area (Å²) in [7, 11) is -3.80. The number of amides is 1. The number of hydrogen-bond acceptors (Lipinski definition) is 4. The number of carbonyl (C=O) groups is 1. The number of fused-ring (bicyclic) bond motifs is 2. The summed E-state index contributed by atoms with van der Waals surface area (Å²) >= 11 is 0. The molecule has 0 radical (unpaired) electrons. The fraction of sp³-hybridized carbons (Fsp3) is 0.929. The fourth-order valence-electron chi connectivity index (χ4n) is 3.95. The smallest absolute Gasteiger partial charge is 0.243 e. The van der Waals surface area contributed by atoms with E-state index in [0.29, 0.717) is 30.7 Å². The number of nitrogens with two attached hydrogens (primary N) is 1. The van der Waals surface area contributed by atoms with Crippen LogP contribution in [0.4, 0.5) is 0 Å². The summed E-state index contributed by atoms with van der Waals surface area (Å²) in [5.41, 5.74) is 0. The Labute approximate surface area is 126 Å². The first-order valence-corrected chi connectivity index (χ1v) is 9.36. The van der Waals surface area contributed by atoms with Crippen LogP contribution in [0.5, 0.6) is 0 Å². The van der Waals surface area contributed by atoms with E-state index in [9.17, 15) is 13.2 Å². The van der Waals surface area contributed by atoms with E-state index in [2.05, 4.69) is 24.1 Å². The van der Waals surface area contributed by atoms with Gasteiger partial charge in [-0.1, -0.05) is 0 Å². The van der Waals surface area contributed by atoms with E-state index >= 15 is 0 Å². The van der Waals surface area contributed by atoms with Gasteiger partial charge in [-0.2, -0.15) is 0 Å². The number of likely N-dealkylation sites (tertiary alicyclic amines) is 1. The van der Waals surface area contributed by atoms with Crippen molar-refractivity contribution in [3.63, 3.8) is 0 Å². The summed E-state index contributed by atoms with van der Waals surface area (Å²) in [6, 6.07) is 0.635. The highest BCUT2D eigenvalue weighted by atomic mass is 32.2. The molecule has 3 rings (SSSR count). The van der Waals surface area contributed by atoms with Gasteiger partial charge >= 0.3 is 0 Å². The van der Waals surface area contributed by atoms with Crippen molar-refractivity contribution < 1.29 is 13.2 Å². The Morgan fingerprint density at radius 1 is 1.24 bits per heavy atom. The number of rotatable bonds is 4. The molecule has 0 aromatic carbocycles. The number of nitrogens with zero attached hydrogens (tertiary/aromatic N) is 1. The van der Waals surface area contributed by atoms with Gasteiger partial charge in [0.25, 0.3) is 0 Å². The van der Waals surface area contributed by atoms with Crippen LogP contribution >= 0.6 is 0 Å². The molecule has 1 saturated heterocycles. The Bertz CT molecular complexity index is 528. The van der Waals surface area contributed by atoms with E-state index in [4.69, 9.17) is 5.14 Å². The standard InChI is InChI=1S/C14H25N3O3S/c1-9(2)17-7-10-3-4-11(8-17)12(10)16-13(18)14(5-6-14)21(15,19)20/h9-12H,3-8H2,1-2H3,(H,16,18)(H2,15,19,20)/t10-,11+,12?. The summed E-state index contributed by atoms with van der Waals surface area (Å²) in [4.78, 5) is 14.8. The van der Waals surface area contributed by atoms with Gasteiger partial charge in [0, 0.05) is 25.2 Å². The van der Waals surface area contributed by atoms with Gasteiger partial charge in [-0.05, 0) is 51.4 Å². The molecule has 3 N–H and O–H groups in total. The number of hydrogen-bond donors (Lipinski definition) is 2. The van der Waals surface area contributed by atoms with Crippen LogP contribution in [0.1, 0.15) is 39.5 Å². The van der Waals surface area contributed by atoms with Crippen molar-refractivity contribution in [2.45, 2.75) is 56.4 Å². The van der Waals surface area contributed by atoms with E-state index in [0.717, 1.165) is 25.9 Å². The first kappa shape index (κ1) is 15.2. The van der Waals surface area contributed by atoms with Crippen molar-refractivity contribution in [2.24, 2.45) is 17.0 Å². The number of primary sulfonamides is 1. The van der Waals surface area contributed by atoms with Gasteiger partial charge in [0.15, 0.2) is 4.75 Å². The molecule has 6 nitrogen and oxygen atoms in total. The molecule has 3 aliphatic rings. The maximum atomic E-state index is 12.4. The van der Waals surface area contributed by atoms with E-state index < -0.39 is 14.8 Å². The molecular weight excluding hydrogens is 290 g/mol. The van der Waals surface area contributed by atoms with Gasteiger partial charge in [0.2, 0.25) is 15.9 Å².